The summed E-state index contributed by atoms with van der Waals surface area (Å²) >= 11 is 5.94. The van der Waals surface area contributed by atoms with Crippen LogP contribution in [0.15, 0.2) is 42.5 Å². The number of hydrogen-bond acceptors (Lipinski definition) is 4. The molecule has 0 saturated heterocycles. The van der Waals surface area contributed by atoms with Gasteiger partial charge in [-0.2, -0.15) is 0 Å². The van der Waals surface area contributed by atoms with E-state index in [-0.39, 0.29) is 11.7 Å². The number of carbonyl (C=O) groups is 2. The molecule has 0 unspecified atom stereocenters. The molecule has 0 spiro atoms. The zero-order valence-corrected chi connectivity index (χ0v) is 14.4. The maximum Gasteiger partial charge on any atom is 0.265 e. The summed E-state index contributed by atoms with van der Waals surface area (Å²) < 4.78 is 10.8. The molecule has 0 bridgehead atoms. The summed E-state index contributed by atoms with van der Waals surface area (Å²) in [5, 5.41) is 3.20. The van der Waals surface area contributed by atoms with Gasteiger partial charge in [0.1, 0.15) is 11.5 Å². The number of anilines is 1. The first-order valence-corrected chi connectivity index (χ1v) is 7.70. The fourth-order valence-corrected chi connectivity index (χ4v) is 2.23. The van der Waals surface area contributed by atoms with E-state index in [0.29, 0.717) is 27.8 Å². The number of rotatable bonds is 6. The van der Waals surface area contributed by atoms with Gasteiger partial charge in [0.25, 0.3) is 5.91 Å². The molecule has 126 valence electrons. The minimum absolute atomic E-state index is 0.0683. The number of halogens is 1. The van der Waals surface area contributed by atoms with E-state index in [4.69, 9.17) is 21.1 Å². The van der Waals surface area contributed by atoms with Crippen molar-refractivity contribution in [2.75, 3.05) is 12.4 Å². The Kier molecular flexibility index (Phi) is 5.82. The van der Waals surface area contributed by atoms with Crippen LogP contribution in [-0.4, -0.2) is 24.9 Å². The van der Waals surface area contributed by atoms with Gasteiger partial charge in [-0.05, 0) is 44.2 Å². The average Bonchev–Trinajstić information content (AvgIpc) is 2.55. The van der Waals surface area contributed by atoms with Crippen molar-refractivity contribution in [3.05, 3.63) is 53.1 Å². The Morgan fingerprint density at radius 3 is 2.58 bits per heavy atom. The van der Waals surface area contributed by atoms with Gasteiger partial charge in [-0.15, -0.1) is 0 Å². The first kappa shape index (κ1) is 17.8. The number of ether oxygens (including phenoxy) is 2. The van der Waals surface area contributed by atoms with E-state index < -0.39 is 6.10 Å². The highest BCUT2D eigenvalue weighted by atomic mass is 35.5. The van der Waals surface area contributed by atoms with Gasteiger partial charge in [-0.1, -0.05) is 23.7 Å². The average molecular weight is 348 g/mol. The van der Waals surface area contributed by atoms with Gasteiger partial charge in [-0.3, -0.25) is 9.59 Å². The summed E-state index contributed by atoms with van der Waals surface area (Å²) in [6, 6.07) is 11.6. The number of hydrogen-bond donors (Lipinski definition) is 1. The van der Waals surface area contributed by atoms with Gasteiger partial charge in [0.05, 0.1) is 12.8 Å². The number of methoxy groups -OCH3 is 1. The molecule has 1 atom stereocenters. The molecule has 6 heteroatoms. The molecule has 0 aliphatic rings. The first-order valence-electron chi connectivity index (χ1n) is 7.32. The quantitative estimate of drug-likeness (QED) is 0.803. The number of Topliss-reactive ketones (excluding diaryl/α,β-unsaturated/α-hetero) is 1. The summed E-state index contributed by atoms with van der Waals surface area (Å²) in [5.41, 5.74) is 0.986. The van der Waals surface area contributed by atoms with Crippen LogP contribution >= 0.6 is 11.6 Å². The third kappa shape index (κ3) is 4.49. The molecule has 5 nitrogen and oxygen atoms in total. The van der Waals surface area contributed by atoms with E-state index in [9.17, 15) is 9.59 Å². The van der Waals surface area contributed by atoms with Gasteiger partial charge in [0, 0.05) is 10.6 Å². The second kappa shape index (κ2) is 7.84. The number of benzene rings is 2. The van der Waals surface area contributed by atoms with Gasteiger partial charge < -0.3 is 14.8 Å². The van der Waals surface area contributed by atoms with Crippen LogP contribution in [0.5, 0.6) is 11.5 Å². The fraction of sp³-hybridized carbons (Fsp3) is 0.222. The van der Waals surface area contributed by atoms with Crippen molar-refractivity contribution in [1.29, 1.82) is 0 Å². The van der Waals surface area contributed by atoms with Crippen molar-refractivity contribution in [3.8, 4) is 11.5 Å². The second-order valence-corrected chi connectivity index (χ2v) is 5.61. The molecule has 0 radical (unpaired) electrons. The molecule has 24 heavy (non-hydrogen) atoms. The number of amides is 1. The third-order valence-corrected chi connectivity index (χ3v) is 3.58. The van der Waals surface area contributed by atoms with Crippen molar-refractivity contribution in [3.63, 3.8) is 0 Å². The van der Waals surface area contributed by atoms with E-state index in [1.165, 1.54) is 14.0 Å². The lowest BCUT2D eigenvalue weighted by atomic mass is 10.1. The lowest BCUT2D eigenvalue weighted by Gasteiger charge is -2.16. The summed E-state index contributed by atoms with van der Waals surface area (Å²) in [4.78, 5) is 23.7. The predicted octanol–water partition coefficient (Wildman–Crippen LogP) is 3.96. The Labute approximate surface area is 145 Å². The summed E-state index contributed by atoms with van der Waals surface area (Å²) in [7, 11) is 1.51. The Bertz CT molecular complexity index is 760. The first-order chi connectivity index (χ1) is 11.4. The highest BCUT2D eigenvalue weighted by molar-refractivity contribution is 6.31. The van der Waals surface area contributed by atoms with E-state index in [0.717, 1.165) is 0 Å². The normalized spacial score (nSPS) is 11.5. The minimum atomic E-state index is -0.768. The standard InChI is InChI=1S/C18H18ClNO4/c1-11(21)13-5-4-6-15(9-13)24-12(2)18(22)20-16-10-14(19)7-8-17(16)23-3/h4-10,12H,1-3H3,(H,20,22)/t12-/m0/s1. The van der Waals surface area contributed by atoms with Crippen LogP contribution in [-0.2, 0) is 4.79 Å². The lowest BCUT2D eigenvalue weighted by molar-refractivity contribution is -0.122. The third-order valence-electron chi connectivity index (χ3n) is 3.34. The van der Waals surface area contributed by atoms with Crippen LogP contribution in [0, 0.1) is 0 Å². The van der Waals surface area contributed by atoms with Crippen molar-refractivity contribution in [2.45, 2.75) is 20.0 Å². The number of ketones is 1. The topological polar surface area (TPSA) is 64.6 Å². The molecule has 0 saturated carbocycles. The molecule has 0 aliphatic carbocycles. The van der Waals surface area contributed by atoms with E-state index >= 15 is 0 Å². The molecule has 2 rings (SSSR count). The zero-order chi connectivity index (χ0) is 17.7. The van der Waals surface area contributed by atoms with Crippen LogP contribution in [0.2, 0.25) is 5.02 Å². The van der Waals surface area contributed by atoms with Crippen molar-refractivity contribution >= 4 is 29.0 Å². The molecule has 1 amide bonds. The van der Waals surface area contributed by atoms with Crippen LogP contribution in [0.25, 0.3) is 0 Å². The maximum absolute atomic E-state index is 12.3. The number of nitrogens with one attached hydrogen (secondary N) is 1. The molecule has 0 heterocycles. The molecule has 0 aliphatic heterocycles. The largest absolute Gasteiger partial charge is 0.495 e. The lowest BCUT2D eigenvalue weighted by Crippen LogP contribution is -2.30. The minimum Gasteiger partial charge on any atom is -0.495 e. The van der Waals surface area contributed by atoms with Gasteiger partial charge in [0.2, 0.25) is 0 Å². The highest BCUT2D eigenvalue weighted by Crippen LogP contribution is 2.28. The SMILES string of the molecule is COc1ccc(Cl)cc1NC(=O)[C@H](C)Oc1cccc(C(C)=O)c1. The van der Waals surface area contributed by atoms with Crippen LogP contribution < -0.4 is 14.8 Å². The van der Waals surface area contributed by atoms with E-state index in [2.05, 4.69) is 5.32 Å². The Hall–Kier alpha value is -2.53. The summed E-state index contributed by atoms with van der Waals surface area (Å²) in [6.07, 6.45) is -0.768. The Morgan fingerprint density at radius 2 is 1.92 bits per heavy atom. The molecular weight excluding hydrogens is 330 g/mol. The van der Waals surface area contributed by atoms with E-state index in [1.54, 1.807) is 49.4 Å². The maximum atomic E-state index is 12.3. The summed E-state index contributed by atoms with van der Waals surface area (Å²) in [6.45, 7) is 3.09. The predicted molar refractivity (Wildman–Crippen MR) is 93.2 cm³/mol. The Balaban J connectivity index is 2.09. The second-order valence-electron chi connectivity index (χ2n) is 5.18. The fourth-order valence-electron chi connectivity index (χ4n) is 2.06. The molecule has 0 aromatic heterocycles. The smallest absolute Gasteiger partial charge is 0.265 e. The van der Waals surface area contributed by atoms with Crippen LogP contribution in [0.4, 0.5) is 5.69 Å². The highest BCUT2D eigenvalue weighted by Gasteiger charge is 2.17. The monoisotopic (exact) mass is 347 g/mol. The van der Waals surface area contributed by atoms with Gasteiger partial charge in [-0.25, -0.2) is 0 Å². The number of carbonyl (C=O) groups excluding carboxylic acids is 2. The Morgan fingerprint density at radius 1 is 1.17 bits per heavy atom. The van der Waals surface area contributed by atoms with Crippen molar-refractivity contribution < 1.29 is 19.1 Å². The molecule has 2 aromatic carbocycles. The van der Waals surface area contributed by atoms with Crippen LogP contribution in [0.1, 0.15) is 24.2 Å². The molecule has 1 N–H and O–H groups in total. The van der Waals surface area contributed by atoms with Crippen molar-refractivity contribution in [1.82, 2.24) is 0 Å². The van der Waals surface area contributed by atoms with Gasteiger partial charge >= 0.3 is 0 Å². The van der Waals surface area contributed by atoms with Crippen LogP contribution in [0.3, 0.4) is 0 Å². The zero-order valence-electron chi connectivity index (χ0n) is 13.6. The summed E-state index contributed by atoms with van der Waals surface area (Å²) in [5.74, 6) is 0.520. The molecule has 0 fully saturated rings. The van der Waals surface area contributed by atoms with Crippen molar-refractivity contribution in [2.24, 2.45) is 0 Å². The van der Waals surface area contributed by atoms with E-state index in [1.807, 2.05) is 0 Å². The van der Waals surface area contributed by atoms with Gasteiger partial charge in [0.15, 0.2) is 11.9 Å². The molecule has 2 aromatic rings. The molecular formula is C18H18ClNO4.